The van der Waals surface area contributed by atoms with Gasteiger partial charge in [-0.3, -0.25) is 4.79 Å². The fraction of sp³-hybridized carbons (Fsp3) is 0.231. The Morgan fingerprint density at radius 3 is 2.88 bits per heavy atom. The average molecular weight is 231 g/mol. The molecule has 0 bridgehead atoms. The van der Waals surface area contributed by atoms with Gasteiger partial charge in [-0.2, -0.15) is 0 Å². The molecule has 1 aromatic rings. The van der Waals surface area contributed by atoms with Crippen LogP contribution in [0, 0.1) is 0 Å². The summed E-state index contributed by atoms with van der Waals surface area (Å²) in [5, 5.41) is 11.7. The van der Waals surface area contributed by atoms with Crippen LogP contribution in [0.25, 0.3) is 0 Å². The molecular weight excluding hydrogens is 218 g/mol. The van der Waals surface area contributed by atoms with Crippen molar-refractivity contribution in [1.29, 1.82) is 0 Å². The van der Waals surface area contributed by atoms with Gasteiger partial charge in [-0.25, -0.2) is 4.79 Å². The number of aliphatic carboxylic acids is 1. The van der Waals surface area contributed by atoms with Crippen LogP contribution in [0.3, 0.4) is 0 Å². The zero-order valence-electron chi connectivity index (χ0n) is 9.27. The van der Waals surface area contributed by atoms with Crippen molar-refractivity contribution in [2.75, 3.05) is 11.9 Å². The minimum atomic E-state index is -1.11. The summed E-state index contributed by atoms with van der Waals surface area (Å²) < 4.78 is 0. The first-order valence-electron chi connectivity index (χ1n) is 5.49. The molecule has 0 radical (unpaired) electrons. The van der Waals surface area contributed by atoms with Gasteiger partial charge in [0.1, 0.15) is 0 Å². The number of allylic oxidation sites excluding steroid dienone is 1. The van der Waals surface area contributed by atoms with Gasteiger partial charge in [-0.1, -0.05) is 0 Å². The van der Waals surface area contributed by atoms with Crippen LogP contribution in [0.4, 0.5) is 5.69 Å². The van der Waals surface area contributed by atoms with Crippen molar-refractivity contribution in [3.8, 4) is 0 Å². The van der Waals surface area contributed by atoms with Gasteiger partial charge in [0.2, 0.25) is 0 Å². The minimum absolute atomic E-state index is 0.277. The number of aryl methyl sites for hydroxylation is 1. The molecule has 1 aromatic carbocycles. The van der Waals surface area contributed by atoms with Gasteiger partial charge in [0.25, 0.3) is 0 Å². The zero-order valence-corrected chi connectivity index (χ0v) is 9.27. The van der Waals surface area contributed by atoms with Gasteiger partial charge in [-0.15, -0.1) is 0 Å². The number of anilines is 1. The Morgan fingerprint density at radius 2 is 2.12 bits per heavy atom. The van der Waals surface area contributed by atoms with Crippen LogP contribution in [0.2, 0.25) is 0 Å². The number of carboxylic acid groups (broad SMARTS) is 1. The Morgan fingerprint density at radius 1 is 1.29 bits per heavy atom. The molecule has 1 aliphatic heterocycles. The standard InChI is InChI=1S/C13H13NO3/c15-12(5-6-13(16)17)10-3-4-11-9(8-10)2-1-7-14-11/h3-6,8,14H,1-2,7H2,(H,16,17)/b6-5+. The highest BCUT2D eigenvalue weighted by Gasteiger charge is 2.11. The average Bonchev–Trinajstić information content (AvgIpc) is 2.35. The van der Waals surface area contributed by atoms with Crippen LogP contribution in [0.1, 0.15) is 22.3 Å². The molecule has 17 heavy (non-hydrogen) atoms. The van der Waals surface area contributed by atoms with Crippen molar-refractivity contribution >= 4 is 17.4 Å². The van der Waals surface area contributed by atoms with E-state index >= 15 is 0 Å². The molecule has 0 saturated carbocycles. The highest BCUT2D eigenvalue weighted by atomic mass is 16.4. The van der Waals surface area contributed by atoms with Crippen molar-refractivity contribution in [3.63, 3.8) is 0 Å². The molecule has 0 aliphatic carbocycles. The summed E-state index contributed by atoms with van der Waals surface area (Å²) in [6.07, 6.45) is 3.95. The number of fused-ring (bicyclic) bond motifs is 1. The summed E-state index contributed by atoms with van der Waals surface area (Å²) in [5.41, 5.74) is 2.71. The Balaban J connectivity index is 2.22. The molecule has 88 valence electrons. The van der Waals surface area contributed by atoms with Crippen LogP contribution in [0.5, 0.6) is 0 Å². The van der Waals surface area contributed by atoms with Crippen LogP contribution in [-0.2, 0) is 11.2 Å². The van der Waals surface area contributed by atoms with Crippen LogP contribution >= 0.6 is 0 Å². The number of hydrogen-bond donors (Lipinski definition) is 2. The number of benzene rings is 1. The minimum Gasteiger partial charge on any atom is -0.478 e. The smallest absolute Gasteiger partial charge is 0.328 e. The predicted octanol–water partition coefficient (Wildman–Crippen LogP) is 1.87. The summed E-state index contributed by atoms with van der Waals surface area (Å²) in [7, 11) is 0. The number of hydrogen-bond acceptors (Lipinski definition) is 3. The quantitative estimate of drug-likeness (QED) is 0.615. The largest absolute Gasteiger partial charge is 0.478 e. The highest BCUT2D eigenvalue weighted by molar-refractivity contribution is 6.07. The Kier molecular flexibility index (Phi) is 3.23. The molecule has 4 heteroatoms. The second-order valence-corrected chi connectivity index (χ2v) is 3.94. The number of nitrogens with one attached hydrogen (secondary N) is 1. The molecule has 0 atom stereocenters. The topological polar surface area (TPSA) is 66.4 Å². The van der Waals surface area contributed by atoms with E-state index in [2.05, 4.69) is 5.32 Å². The van der Waals surface area contributed by atoms with E-state index in [0.29, 0.717) is 5.56 Å². The maximum Gasteiger partial charge on any atom is 0.328 e. The summed E-state index contributed by atoms with van der Waals surface area (Å²) in [5.74, 6) is -1.39. The molecule has 0 spiro atoms. The number of carbonyl (C=O) groups is 2. The number of rotatable bonds is 3. The first-order chi connectivity index (χ1) is 8.16. The molecule has 1 aliphatic rings. The van der Waals surface area contributed by atoms with Gasteiger partial charge >= 0.3 is 5.97 Å². The van der Waals surface area contributed by atoms with Gasteiger partial charge in [0.05, 0.1) is 0 Å². The first kappa shape index (κ1) is 11.4. The van der Waals surface area contributed by atoms with Gasteiger partial charge in [0.15, 0.2) is 5.78 Å². The maximum atomic E-state index is 11.7. The molecule has 0 saturated heterocycles. The van der Waals surface area contributed by atoms with Gasteiger partial charge in [0, 0.05) is 23.9 Å². The summed E-state index contributed by atoms with van der Waals surface area (Å²) in [6.45, 7) is 0.958. The zero-order chi connectivity index (χ0) is 12.3. The summed E-state index contributed by atoms with van der Waals surface area (Å²) >= 11 is 0. The SMILES string of the molecule is O=C(O)/C=C/C(=O)c1ccc2c(c1)CCCN2. The fourth-order valence-electron chi connectivity index (χ4n) is 1.87. The van der Waals surface area contributed by atoms with E-state index < -0.39 is 5.97 Å². The van der Waals surface area contributed by atoms with E-state index in [4.69, 9.17) is 5.11 Å². The fourth-order valence-corrected chi connectivity index (χ4v) is 1.87. The lowest BCUT2D eigenvalue weighted by atomic mass is 9.99. The van der Waals surface area contributed by atoms with Crippen LogP contribution in [0.15, 0.2) is 30.4 Å². The van der Waals surface area contributed by atoms with E-state index in [1.807, 2.05) is 12.1 Å². The monoisotopic (exact) mass is 231 g/mol. The number of carbonyl (C=O) groups excluding carboxylic acids is 1. The van der Waals surface area contributed by atoms with E-state index in [9.17, 15) is 9.59 Å². The highest BCUT2D eigenvalue weighted by Crippen LogP contribution is 2.23. The lowest BCUT2D eigenvalue weighted by molar-refractivity contribution is -0.131. The van der Waals surface area contributed by atoms with Crippen molar-refractivity contribution in [2.45, 2.75) is 12.8 Å². The summed E-state index contributed by atoms with van der Waals surface area (Å²) in [4.78, 5) is 22.0. The first-order valence-corrected chi connectivity index (χ1v) is 5.49. The van der Waals surface area contributed by atoms with E-state index in [1.165, 1.54) is 0 Å². The third-order valence-electron chi connectivity index (χ3n) is 2.71. The number of carboxylic acids is 1. The lowest BCUT2D eigenvalue weighted by Crippen LogP contribution is -2.12. The van der Waals surface area contributed by atoms with Crippen molar-refractivity contribution in [1.82, 2.24) is 0 Å². The molecular formula is C13H13NO3. The molecule has 0 fully saturated rings. The Bertz CT molecular complexity index is 491. The normalized spacial score (nSPS) is 14.1. The van der Waals surface area contributed by atoms with Crippen molar-refractivity contribution < 1.29 is 14.7 Å². The Hall–Kier alpha value is -2.10. The van der Waals surface area contributed by atoms with Crippen LogP contribution in [-0.4, -0.2) is 23.4 Å². The Labute approximate surface area is 99.0 Å². The number of ketones is 1. The van der Waals surface area contributed by atoms with Crippen molar-refractivity contribution in [3.05, 3.63) is 41.5 Å². The molecule has 0 aromatic heterocycles. The molecule has 4 nitrogen and oxygen atoms in total. The molecule has 2 N–H and O–H groups in total. The van der Waals surface area contributed by atoms with Crippen LogP contribution < -0.4 is 5.32 Å². The van der Waals surface area contributed by atoms with E-state index in [0.717, 1.165) is 42.8 Å². The second-order valence-electron chi connectivity index (χ2n) is 3.94. The molecule has 2 rings (SSSR count). The third-order valence-corrected chi connectivity index (χ3v) is 2.71. The predicted molar refractivity (Wildman–Crippen MR) is 64.4 cm³/mol. The molecule has 0 unspecified atom stereocenters. The third kappa shape index (κ3) is 2.72. The van der Waals surface area contributed by atoms with E-state index in [1.54, 1.807) is 6.07 Å². The molecule has 1 heterocycles. The maximum absolute atomic E-state index is 11.7. The van der Waals surface area contributed by atoms with Gasteiger partial charge in [-0.05, 0) is 42.7 Å². The lowest BCUT2D eigenvalue weighted by Gasteiger charge is -2.18. The second kappa shape index (κ2) is 4.82. The van der Waals surface area contributed by atoms with Crippen molar-refractivity contribution in [2.24, 2.45) is 0 Å². The summed E-state index contributed by atoms with van der Waals surface area (Å²) in [6, 6.07) is 5.41. The molecule has 0 amide bonds. The van der Waals surface area contributed by atoms with Gasteiger partial charge < -0.3 is 10.4 Å². The van der Waals surface area contributed by atoms with E-state index in [-0.39, 0.29) is 5.78 Å².